The van der Waals surface area contributed by atoms with Gasteiger partial charge in [-0.15, -0.1) is 0 Å². The third-order valence-corrected chi connectivity index (χ3v) is 8.11. The van der Waals surface area contributed by atoms with E-state index in [9.17, 15) is 13.2 Å². The highest BCUT2D eigenvalue weighted by Crippen LogP contribution is 2.35. The third-order valence-electron chi connectivity index (χ3n) is 6.55. The zero-order valence-corrected chi connectivity index (χ0v) is 18.8. The number of fused-ring (bicyclic) bond motifs is 1. The zero-order chi connectivity index (χ0) is 21.8. The van der Waals surface area contributed by atoms with Crippen LogP contribution in [-0.4, -0.2) is 43.7 Å². The second-order valence-corrected chi connectivity index (χ2v) is 10.3. The van der Waals surface area contributed by atoms with E-state index in [0.29, 0.717) is 25.9 Å². The molecule has 1 heterocycles. The van der Waals surface area contributed by atoms with Crippen LogP contribution >= 0.6 is 0 Å². The first-order valence-electron chi connectivity index (χ1n) is 11.0. The molecule has 1 saturated heterocycles. The number of carbonyl (C=O) groups excluding carboxylic acids is 1. The Morgan fingerprint density at radius 1 is 1.00 bits per heavy atom. The quantitative estimate of drug-likeness (QED) is 0.702. The van der Waals surface area contributed by atoms with Gasteiger partial charge in [0.15, 0.2) is 0 Å². The molecule has 0 radical (unpaired) electrons. The van der Waals surface area contributed by atoms with Gasteiger partial charge in [0.25, 0.3) is 0 Å². The van der Waals surface area contributed by atoms with Crippen molar-refractivity contribution in [3.63, 3.8) is 0 Å². The fraction of sp³-hybridized carbons (Fsp3) is 0.400. The SMILES string of the molecule is CN(C(=O)C1CCN(S(=O)(=O)/C=C/c2ccccc2)CC1)C1CCCc2ccccc21. The van der Waals surface area contributed by atoms with Crippen LogP contribution in [0.2, 0.25) is 0 Å². The first-order valence-corrected chi connectivity index (χ1v) is 12.5. The maximum atomic E-state index is 13.2. The largest absolute Gasteiger partial charge is 0.338 e. The van der Waals surface area contributed by atoms with Gasteiger partial charge in [0.1, 0.15) is 0 Å². The van der Waals surface area contributed by atoms with E-state index in [4.69, 9.17) is 0 Å². The lowest BCUT2D eigenvalue weighted by atomic mass is 9.86. The van der Waals surface area contributed by atoms with Gasteiger partial charge in [-0.1, -0.05) is 54.6 Å². The molecule has 6 heteroatoms. The summed E-state index contributed by atoms with van der Waals surface area (Å²) in [6, 6.07) is 17.9. The number of nitrogens with zero attached hydrogens (tertiary/aromatic N) is 2. The fourth-order valence-corrected chi connectivity index (χ4v) is 5.97. The predicted octanol–water partition coefficient (Wildman–Crippen LogP) is 4.24. The molecule has 164 valence electrons. The molecule has 1 unspecified atom stereocenters. The Hall–Kier alpha value is -2.44. The molecule has 0 aromatic heterocycles. The minimum absolute atomic E-state index is 0.119. The summed E-state index contributed by atoms with van der Waals surface area (Å²) in [4.78, 5) is 15.1. The molecule has 1 aliphatic carbocycles. The van der Waals surface area contributed by atoms with Crippen LogP contribution in [0.25, 0.3) is 6.08 Å². The molecule has 0 spiro atoms. The van der Waals surface area contributed by atoms with E-state index in [0.717, 1.165) is 24.8 Å². The molecule has 0 saturated carbocycles. The van der Waals surface area contributed by atoms with E-state index < -0.39 is 10.0 Å². The number of amides is 1. The van der Waals surface area contributed by atoms with Gasteiger partial charge in [0.2, 0.25) is 15.9 Å². The first kappa shape index (κ1) is 21.8. The Balaban J connectivity index is 1.37. The number of carbonyl (C=O) groups is 1. The van der Waals surface area contributed by atoms with Crippen LogP contribution in [0.1, 0.15) is 48.4 Å². The topological polar surface area (TPSA) is 57.7 Å². The van der Waals surface area contributed by atoms with E-state index >= 15 is 0 Å². The van der Waals surface area contributed by atoms with Crippen LogP contribution < -0.4 is 0 Å². The van der Waals surface area contributed by atoms with Crippen molar-refractivity contribution in [2.75, 3.05) is 20.1 Å². The predicted molar refractivity (Wildman–Crippen MR) is 124 cm³/mol. The van der Waals surface area contributed by atoms with Gasteiger partial charge in [-0.25, -0.2) is 8.42 Å². The highest BCUT2D eigenvalue weighted by Gasteiger charge is 2.34. The summed E-state index contributed by atoms with van der Waals surface area (Å²) in [7, 11) is -1.58. The van der Waals surface area contributed by atoms with E-state index in [-0.39, 0.29) is 17.9 Å². The van der Waals surface area contributed by atoms with Crippen molar-refractivity contribution in [1.29, 1.82) is 0 Å². The third kappa shape index (κ3) is 4.91. The molecule has 1 amide bonds. The van der Waals surface area contributed by atoms with Crippen LogP contribution in [0.4, 0.5) is 0 Å². The van der Waals surface area contributed by atoms with Gasteiger partial charge in [0, 0.05) is 31.5 Å². The number of benzene rings is 2. The second-order valence-electron chi connectivity index (χ2n) is 8.49. The Labute approximate surface area is 185 Å². The highest BCUT2D eigenvalue weighted by molar-refractivity contribution is 7.92. The van der Waals surface area contributed by atoms with Crippen molar-refractivity contribution in [2.45, 2.75) is 38.1 Å². The van der Waals surface area contributed by atoms with Crippen LogP contribution in [0.15, 0.2) is 60.0 Å². The zero-order valence-electron chi connectivity index (χ0n) is 18.0. The Morgan fingerprint density at radius 2 is 1.68 bits per heavy atom. The minimum atomic E-state index is -3.48. The van der Waals surface area contributed by atoms with Crippen LogP contribution in [0.3, 0.4) is 0 Å². The summed E-state index contributed by atoms with van der Waals surface area (Å²) in [6.07, 6.45) is 5.90. The summed E-state index contributed by atoms with van der Waals surface area (Å²) in [5.41, 5.74) is 3.45. The molecule has 0 bridgehead atoms. The minimum Gasteiger partial charge on any atom is -0.338 e. The van der Waals surface area contributed by atoms with Crippen molar-refractivity contribution >= 4 is 22.0 Å². The Bertz CT molecular complexity index is 1040. The molecular weight excluding hydrogens is 408 g/mol. The number of hydrogen-bond donors (Lipinski definition) is 0. The molecule has 0 N–H and O–H groups in total. The number of piperidine rings is 1. The lowest BCUT2D eigenvalue weighted by Gasteiger charge is -2.37. The highest BCUT2D eigenvalue weighted by atomic mass is 32.2. The van der Waals surface area contributed by atoms with Gasteiger partial charge in [-0.3, -0.25) is 4.79 Å². The van der Waals surface area contributed by atoms with E-state index in [1.54, 1.807) is 6.08 Å². The molecular formula is C25H30N2O3S. The molecule has 1 fully saturated rings. The van der Waals surface area contributed by atoms with E-state index in [2.05, 4.69) is 18.2 Å². The maximum absolute atomic E-state index is 13.2. The smallest absolute Gasteiger partial charge is 0.236 e. The molecule has 4 rings (SSSR count). The summed E-state index contributed by atoms with van der Waals surface area (Å²) in [5.74, 6) is 0.0159. The van der Waals surface area contributed by atoms with E-state index in [1.807, 2.05) is 48.3 Å². The van der Waals surface area contributed by atoms with Gasteiger partial charge < -0.3 is 4.90 Å². The average molecular weight is 439 g/mol. The lowest BCUT2D eigenvalue weighted by molar-refractivity contribution is -0.138. The average Bonchev–Trinajstić information content (AvgIpc) is 2.82. The van der Waals surface area contributed by atoms with Crippen molar-refractivity contribution < 1.29 is 13.2 Å². The second kappa shape index (κ2) is 9.37. The molecule has 31 heavy (non-hydrogen) atoms. The molecule has 1 aliphatic heterocycles. The maximum Gasteiger partial charge on any atom is 0.236 e. The molecule has 2 aliphatic rings. The molecule has 2 aromatic rings. The molecule has 1 atom stereocenters. The number of aryl methyl sites for hydroxylation is 1. The van der Waals surface area contributed by atoms with Crippen molar-refractivity contribution in [1.82, 2.24) is 9.21 Å². The number of rotatable bonds is 5. The summed E-state index contributed by atoms with van der Waals surface area (Å²) in [6.45, 7) is 0.764. The van der Waals surface area contributed by atoms with Crippen molar-refractivity contribution in [2.24, 2.45) is 5.92 Å². The van der Waals surface area contributed by atoms with Crippen molar-refractivity contribution in [3.8, 4) is 0 Å². The lowest BCUT2D eigenvalue weighted by Crippen LogP contribution is -2.44. The van der Waals surface area contributed by atoms with Gasteiger partial charge in [-0.05, 0) is 54.9 Å². The first-order chi connectivity index (χ1) is 15.0. The molecule has 2 aromatic carbocycles. The number of hydrogen-bond acceptors (Lipinski definition) is 3. The van der Waals surface area contributed by atoms with Gasteiger partial charge in [0.05, 0.1) is 6.04 Å². The van der Waals surface area contributed by atoms with Crippen LogP contribution in [0, 0.1) is 5.92 Å². The summed E-state index contributed by atoms with van der Waals surface area (Å²) < 4.78 is 26.9. The van der Waals surface area contributed by atoms with Crippen LogP contribution in [0.5, 0.6) is 0 Å². The van der Waals surface area contributed by atoms with Crippen molar-refractivity contribution in [3.05, 3.63) is 76.7 Å². The standard InChI is InChI=1S/C25H30N2O3S/c1-26(24-13-7-11-21-10-5-6-12-23(21)24)25(28)22-14-17-27(18-15-22)31(29,30)19-16-20-8-3-2-4-9-20/h2-6,8-10,12,16,19,22,24H,7,11,13-15,17-18H2,1H3/b19-16+. The Morgan fingerprint density at radius 3 is 2.42 bits per heavy atom. The van der Waals surface area contributed by atoms with Crippen LogP contribution in [-0.2, 0) is 21.2 Å². The normalized spacial score (nSPS) is 20.5. The monoisotopic (exact) mass is 438 g/mol. The summed E-state index contributed by atoms with van der Waals surface area (Å²) in [5, 5.41) is 1.27. The summed E-state index contributed by atoms with van der Waals surface area (Å²) >= 11 is 0. The number of sulfonamides is 1. The Kier molecular flexibility index (Phi) is 6.58. The fourth-order valence-electron chi connectivity index (χ4n) is 4.74. The van der Waals surface area contributed by atoms with Gasteiger partial charge in [-0.2, -0.15) is 4.31 Å². The van der Waals surface area contributed by atoms with E-state index in [1.165, 1.54) is 20.8 Å². The van der Waals surface area contributed by atoms with Gasteiger partial charge >= 0.3 is 0 Å². The molecule has 5 nitrogen and oxygen atoms in total.